The van der Waals surface area contributed by atoms with Crippen molar-refractivity contribution in [1.82, 2.24) is 4.72 Å². The van der Waals surface area contributed by atoms with Crippen LogP contribution < -0.4 is 4.72 Å². The fourth-order valence-corrected chi connectivity index (χ4v) is 2.35. The lowest BCUT2D eigenvalue weighted by molar-refractivity contribution is 0.584. The molecule has 0 unspecified atom stereocenters. The van der Waals surface area contributed by atoms with Crippen molar-refractivity contribution >= 4 is 21.6 Å². The molecule has 0 spiro atoms. The predicted molar refractivity (Wildman–Crippen MR) is 70.4 cm³/mol. The molecule has 92 valence electrons. The lowest BCUT2D eigenvalue weighted by atomic mass is 10.2. The second-order valence-corrected chi connectivity index (χ2v) is 5.76. The van der Waals surface area contributed by atoms with Crippen LogP contribution in [0.15, 0.2) is 24.3 Å². The second-order valence-electron chi connectivity index (χ2n) is 3.42. The highest BCUT2D eigenvalue weighted by Crippen LogP contribution is 2.12. The first-order valence-corrected chi connectivity index (χ1v) is 7.29. The number of hydrogen-bond acceptors (Lipinski definition) is 2. The van der Waals surface area contributed by atoms with Gasteiger partial charge in [0.15, 0.2) is 0 Å². The summed E-state index contributed by atoms with van der Waals surface area (Å²) in [5, 5.41) is 0.566. The topological polar surface area (TPSA) is 46.2 Å². The van der Waals surface area contributed by atoms with Crippen LogP contribution in [-0.4, -0.2) is 20.7 Å². The maximum absolute atomic E-state index is 11.3. The number of nitrogens with one attached hydrogen (secondary N) is 1. The third-order valence-corrected chi connectivity index (χ3v) is 3.81. The molecule has 0 saturated carbocycles. The summed E-state index contributed by atoms with van der Waals surface area (Å²) in [5.74, 6) is 5.68. The van der Waals surface area contributed by atoms with Crippen molar-refractivity contribution in [3.8, 4) is 11.8 Å². The van der Waals surface area contributed by atoms with Crippen LogP contribution in [0, 0.1) is 11.8 Å². The van der Waals surface area contributed by atoms with Gasteiger partial charge in [-0.05, 0) is 18.6 Å². The summed E-state index contributed by atoms with van der Waals surface area (Å²) >= 11 is 5.90. The standard InChI is InChI=1S/C12H14ClNO2S/c1-2-10-17(15,16)14-9-5-7-11-6-3-4-8-12(11)13/h3-4,6,8,14H,2,9-10H2,1H3. The van der Waals surface area contributed by atoms with E-state index in [4.69, 9.17) is 11.6 Å². The highest BCUT2D eigenvalue weighted by molar-refractivity contribution is 7.89. The van der Waals surface area contributed by atoms with Crippen LogP contribution in [0.1, 0.15) is 18.9 Å². The molecule has 0 saturated heterocycles. The molecule has 17 heavy (non-hydrogen) atoms. The summed E-state index contributed by atoms with van der Waals surface area (Å²) in [6.07, 6.45) is 0.591. The third kappa shape index (κ3) is 5.22. The Labute approximate surface area is 107 Å². The van der Waals surface area contributed by atoms with Crippen molar-refractivity contribution in [1.29, 1.82) is 0 Å². The number of hydrogen-bond donors (Lipinski definition) is 1. The number of halogens is 1. The Hall–Kier alpha value is -1.02. The summed E-state index contributed by atoms with van der Waals surface area (Å²) in [5.41, 5.74) is 0.698. The van der Waals surface area contributed by atoms with E-state index in [1.165, 1.54) is 0 Å². The maximum atomic E-state index is 11.3. The first-order valence-electron chi connectivity index (χ1n) is 5.26. The molecule has 0 aliphatic carbocycles. The number of benzene rings is 1. The molecule has 5 heteroatoms. The van der Waals surface area contributed by atoms with Crippen molar-refractivity contribution < 1.29 is 8.42 Å². The molecule has 0 amide bonds. The lowest BCUT2D eigenvalue weighted by Crippen LogP contribution is -2.26. The van der Waals surface area contributed by atoms with E-state index >= 15 is 0 Å². The molecule has 1 N–H and O–H groups in total. The summed E-state index contributed by atoms with van der Waals surface area (Å²) < 4.78 is 25.0. The first-order chi connectivity index (χ1) is 8.05. The van der Waals surface area contributed by atoms with Gasteiger partial charge in [-0.1, -0.05) is 42.5 Å². The fraction of sp³-hybridized carbons (Fsp3) is 0.333. The summed E-state index contributed by atoms with van der Waals surface area (Å²) in [4.78, 5) is 0. The Morgan fingerprint density at radius 1 is 1.35 bits per heavy atom. The van der Waals surface area contributed by atoms with E-state index < -0.39 is 10.0 Å². The SMILES string of the molecule is CCCS(=O)(=O)NCC#Cc1ccccc1Cl. The zero-order valence-electron chi connectivity index (χ0n) is 9.53. The van der Waals surface area contributed by atoms with Gasteiger partial charge in [-0.3, -0.25) is 0 Å². The minimum Gasteiger partial charge on any atom is -0.212 e. The van der Waals surface area contributed by atoms with Crippen LogP contribution in [0.2, 0.25) is 5.02 Å². The zero-order chi connectivity index (χ0) is 12.7. The van der Waals surface area contributed by atoms with Crippen molar-refractivity contribution in [2.75, 3.05) is 12.3 Å². The Kier molecular flexibility index (Phi) is 5.49. The highest BCUT2D eigenvalue weighted by Gasteiger charge is 2.05. The molecule has 0 bridgehead atoms. The highest BCUT2D eigenvalue weighted by atomic mass is 35.5. The third-order valence-electron chi connectivity index (χ3n) is 1.95. The van der Waals surface area contributed by atoms with Gasteiger partial charge in [-0.15, -0.1) is 0 Å². The molecular formula is C12H14ClNO2S. The fourth-order valence-electron chi connectivity index (χ4n) is 1.19. The van der Waals surface area contributed by atoms with E-state index in [0.717, 1.165) is 0 Å². The lowest BCUT2D eigenvalue weighted by Gasteiger charge is -2.00. The summed E-state index contributed by atoms with van der Waals surface area (Å²) in [6, 6.07) is 7.18. The van der Waals surface area contributed by atoms with E-state index in [9.17, 15) is 8.42 Å². The molecule has 1 aromatic carbocycles. The molecule has 0 aliphatic rings. The Morgan fingerprint density at radius 2 is 2.06 bits per heavy atom. The summed E-state index contributed by atoms with van der Waals surface area (Å²) in [6.45, 7) is 1.92. The van der Waals surface area contributed by atoms with Crippen LogP contribution in [0.25, 0.3) is 0 Å². The smallest absolute Gasteiger partial charge is 0.212 e. The molecule has 0 aromatic heterocycles. The second kappa shape index (κ2) is 6.65. The largest absolute Gasteiger partial charge is 0.212 e. The van der Waals surface area contributed by atoms with E-state index in [0.29, 0.717) is 17.0 Å². The molecule has 0 fully saturated rings. The minimum absolute atomic E-state index is 0.105. The van der Waals surface area contributed by atoms with Crippen LogP contribution in [0.3, 0.4) is 0 Å². The maximum Gasteiger partial charge on any atom is 0.212 e. The molecule has 0 heterocycles. The van der Waals surface area contributed by atoms with Crippen LogP contribution in [-0.2, 0) is 10.0 Å². The zero-order valence-corrected chi connectivity index (χ0v) is 11.1. The van der Waals surface area contributed by atoms with Gasteiger partial charge in [0.25, 0.3) is 0 Å². The Morgan fingerprint density at radius 3 is 2.71 bits per heavy atom. The number of rotatable bonds is 4. The van der Waals surface area contributed by atoms with Gasteiger partial charge in [-0.25, -0.2) is 13.1 Å². The average molecular weight is 272 g/mol. The van der Waals surface area contributed by atoms with E-state index in [1.807, 2.05) is 19.1 Å². The van der Waals surface area contributed by atoms with Crippen LogP contribution >= 0.6 is 11.6 Å². The van der Waals surface area contributed by atoms with Crippen molar-refractivity contribution in [3.05, 3.63) is 34.9 Å². The molecular weight excluding hydrogens is 258 g/mol. The predicted octanol–water partition coefficient (Wildman–Crippen LogP) is 2.02. The monoisotopic (exact) mass is 271 g/mol. The van der Waals surface area contributed by atoms with Gasteiger partial charge >= 0.3 is 0 Å². The molecule has 0 radical (unpaired) electrons. The number of sulfonamides is 1. The van der Waals surface area contributed by atoms with Gasteiger partial charge in [0, 0.05) is 5.56 Å². The molecule has 1 rings (SSSR count). The van der Waals surface area contributed by atoms with Gasteiger partial charge < -0.3 is 0 Å². The van der Waals surface area contributed by atoms with Crippen molar-refractivity contribution in [2.24, 2.45) is 0 Å². The van der Waals surface area contributed by atoms with E-state index in [1.54, 1.807) is 12.1 Å². The van der Waals surface area contributed by atoms with E-state index in [2.05, 4.69) is 16.6 Å². The quantitative estimate of drug-likeness (QED) is 0.852. The normalized spacial score (nSPS) is 10.7. The van der Waals surface area contributed by atoms with E-state index in [-0.39, 0.29) is 12.3 Å². The molecule has 0 aliphatic heterocycles. The van der Waals surface area contributed by atoms with Gasteiger partial charge in [0.2, 0.25) is 10.0 Å². The van der Waals surface area contributed by atoms with Crippen LogP contribution in [0.5, 0.6) is 0 Å². The average Bonchev–Trinajstić information content (AvgIpc) is 2.26. The van der Waals surface area contributed by atoms with Gasteiger partial charge in [0.05, 0.1) is 17.3 Å². The summed E-state index contributed by atoms with van der Waals surface area (Å²) in [7, 11) is -3.18. The minimum atomic E-state index is -3.18. The van der Waals surface area contributed by atoms with Crippen LogP contribution in [0.4, 0.5) is 0 Å². The Balaban J connectivity index is 2.56. The Bertz CT molecular complexity index is 529. The molecule has 0 atom stereocenters. The first kappa shape index (κ1) is 14.0. The molecule has 1 aromatic rings. The van der Waals surface area contributed by atoms with Gasteiger partial charge in [0.1, 0.15) is 0 Å². The van der Waals surface area contributed by atoms with Gasteiger partial charge in [-0.2, -0.15) is 0 Å². The van der Waals surface area contributed by atoms with Crippen molar-refractivity contribution in [3.63, 3.8) is 0 Å². The van der Waals surface area contributed by atoms with Crippen molar-refractivity contribution in [2.45, 2.75) is 13.3 Å². The molecule has 3 nitrogen and oxygen atoms in total.